The largest absolute Gasteiger partial charge is 0.468 e. The van der Waals surface area contributed by atoms with Crippen molar-refractivity contribution in [3.63, 3.8) is 0 Å². The highest BCUT2D eigenvalue weighted by molar-refractivity contribution is 9.10. The van der Waals surface area contributed by atoms with Crippen LogP contribution in [-0.2, 0) is 16.0 Å². The number of ether oxygens (including phenoxy) is 1. The van der Waals surface area contributed by atoms with E-state index in [1.54, 1.807) is 0 Å². The van der Waals surface area contributed by atoms with Gasteiger partial charge in [0.05, 0.1) is 11.1 Å². The minimum Gasteiger partial charge on any atom is -0.468 e. The molecule has 0 aliphatic heterocycles. The zero-order valence-corrected chi connectivity index (χ0v) is 14.1. The van der Waals surface area contributed by atoms with Crippen molar-refractivity contribution in [3.8, 4) is 0 Å². The summed E-state index contributed by atoms with van der Waals surface area (Å²) in [7, 11) is 0. The molecule has 0 radical (unpaired) electrons. The molecule has 1 aromatic carbocycles. The third kappa shape index (κ3) is 2.92. The second-order valence-corrected chi connectivity index (χ2v) is 6.85. The van der Waals surface area contributed by atoms with Crippen LogP contribution in [0.1, 0.15) is 47.2 Å². The van der Waals surface area contributed by atoms with Crippen molar-refractivity contribution in [2.24, 2.45) is 11.7 Å². The van der Waals surface area contributed by atoms with E-state index >= 15 is 0 Å². The fraction of sp³-hybridized carbons (Fsp3) is 0.412. The summed E-state index contributed by atoms with van der Waals surface area (Å²) >= 11 is 3.32. The normalized spacial score (nSPS) is 19.3. The first kappa shape index (κ1) is 16.2. The van der Waals surface area contributed by atoms with Crippen LogP contribution < -0.4 is 5.73 Å². The number of nitrogens with two attached hydrogens (primary N) is 1. The number of fused-ring (bicyclic) bond motifs is 2. The highest BCUT2D eigenvalue weighted by atomic mass is 79.9. The molecule has 0 spiro atoms. The number of allylic oxidation sites excluding steroid dienone is 2. The van der Waals surface area contributed by atoms with E-state index in [1.807, 2.05) is 0 Å². The maximum atomic E-state index is 14.1. The predicted octanol–water partition coefficient (Wildman–Crippen LogP) is 3.36. The molecule has 1 unspecified atom stereocenters. The Bertz CT molecular complexity index is 714. The molecule has 0 heterocycles. The fourth-order valence-electron chi connectivity index (χ4n) is 3.70. The molecule has 2 aliphatic carbocycles. The zero-order chi connectivity index (χ0) is 16.6. The van der Waals surface area contributed by atoms with E-state index in [2.05, 4.69) is 15.9 Å². The number of benzene rings is 1. The Morgan fingerprint density at radius 1 is 1.52 bits per heavy atom. The lowest BCUT2D eigenvalue weighted by atomic mass is 9.82. The molecule has 0 fully saturated rings. The van der Waals surface area contributed by atoms with E-state index in [9.17, 15) is 14.0 Å². The first-order valence-electron chi connectivity index (χ1n) is 7.60. The standard InChI is InChI=1S/C17H17BrFNO3/c18-16-14(19)7-13(17(20)22)12-6-10-5-9(3-4-23-8-21)1-2-11(10)15(12)16/h7-9H,1-6H2,(H2,20,22). The molecule has 1 aromatic rings. The molecular formula is C17H17BrFNO3. The Morgan fingerprint density at radius 3 is 3.00 bits per heavy atom. The molecule has 3 rings (SSSR count). The number of primary amides is 1. The molecule has 6 heteroatoms. The van der Waals surface area contributed by atoms with Crippen molar-refractivity contribution >= 4 is 33.9 Å². The molecule has 0 saturated heterocycles. The average molecular weight is 382 g/mol. The Labute approximate surface area is 142 Å². The highest BCUT2D eigenvalue weighted by Gasteiger charge is 2.33. The van der Waals surface area contributed by atoms with Crippen molar-refractivity contribution in [1.82, 2.24) is 0 Å². The monoisotopic (exact) mass is 381 g/mol. The van der Waals surface area contributed by atoms with Gasteiger partial charge in [-0.1, -0.05) is 5.57 Å². The van der Waals surface area contributed by atoms with Crippen molar-refractivity contribution in [2.75, 3.05) is 6.61 Å². The van der Waals surface area contributed by atoms with Gasteiger partial charge in [-0.3, -0.25) is 9.59 Å². The average Bonchev–Trinajstić information content (AvgIpc) is 2.89. The van der Waals surface area contributed by atoms with Gasteiger partial charge in [-0.25, -0.2) is 4.39 Å². The molecular weight excluding hydrogens is 365 g/mol. The van der Waals surface area contributed by atoms with Crippen LogP contribution in [0.25, 0.3) is 5.57 Å². The summed E-state index contributed by atoms with van der Waals surface area (Å²) in [6, 6.07) is 1.22. The molecule has 23 heavy (non-hydrogen) atoms. The van der Waals surface area contributed by atoms with Crippen LogP contribution >= 0.6 is 15.9 Å². The first-order valence-corrected chi connectivity index (χ1v) is 8.39. The van der Waals surface area contributed by atoms with Crippen molar-refractivity contribution in [2.45, 2.75) is 32.1 Å². The van der Waals surface area contributed by atoms with Crippen molar-refractivity contribution in [1.29, 1.82) is 0 Å². The number of amides is 1. The summed E-state index contributed by atoms with van der Waals surface area (Å²) in [5.41, 5.74) is 9.73. The lowest BCUT2D eigenvalue weighted by molar-refractivity contribution is -0.129. The van der Waals surface area contributed by atoms with Gasteiger partial charge in [-0.05, 0) is 76.7 Å². The lowest BCUT2D eigenvalue weighted by Gasteiger charge is -2.24. The topological polar surface area (TPSA) is 69.4 Å². The smallest absolute Gasteiger partial charge is 0.293 e. The summed E-state index contributed by atoms with van der Waals surface area (Å²) in [6.45, 7) is 0.895. The highest BCUT2D eigenvalue weighted by Crippen LogP contribution is 2.48. The molecule has 1 amide bonds. The van der Waals surface area contributed by atoms with Crippen molar-refractivity contribution < 1.29 is 18.7 Å². The predicted molar refractivity (Wildman–Crippen MR) is 87.2 cm³/mol. The van der Waals surface area contributed by atoms with Crippen LogP contribution in [0.4, 0.5) is 4.39 Å². The van der Waals surface area contributed by atoms with Crippen LogP contribution in [-0.4, -0.2) is 19.0 Å². The number of carbonyl (C=O) groups excluding carboxylic acids is 2. The molecule has 2 N–H and O–H groups in total. The van der Waals surface area contributed by atoms with Gasteiger partial charge in [0, 0.05) is 5.56 Å². The number of hydrogen-bond donors (Lipinski definition) is 1. The molecule has 122 valence electrons. The van der Waals surface area contributed by atoms with Gasteiger partial charge < -0.3 is 10.5 Å². The third-order valence-corrected chi connectivity index (χ3v) is 5.54. The fourth-order valence-corrected chi connectivity index (χ4v) is 4.30. The van der Waals surface area contributed by atoms with E-state index in [0.717, 1.165) is 42.4 Å². The Kier molecular flexibility index (Phi) is 4.53. The van der Waals surface area contributed by atoms with Crippen molar-refractivity contribution in [3.05, 3.63) is 38.6 Å². The molecule has 4 nitrogen and oxygen atoms in total. The van der Waals surface area contributed by atoms with Gasteiger partial charge in [-0.15, -0.1) is 0 Å². The van der Waals surface area contributed by atoms with Gasteiger partial charge in [0.25, 0.3) is 6.47 Å². The molecule has 2 aliphatic rings. The van der Waals surface area contributed by atoms with Crippen LogP contribution in [0.2, 0.25) is 0 Å². The second kappa shape index (κ2) is 6.43. The van der Waals surface area contributed by atoms with E-state index in [-0.39, 0.29) is 5.56 Å². The Balaban J connectivity index is 1.89. The van der Waals surface area contributed by atoms with Crippen LogP contribution in [0.3, 0.4) is 0 Å². The van der Waals surface area contributed by atoms with Gasteiger partial charge in [0.1, 0.15) is 5.82 Å². The summed E-state index contributed by atoms with van der Waals surface area (Å²) in [6.07, 6.45) is 4.17. The van der Waals surface area contributed by atoms with Crippen LogP contribution in [0.15, 0.2) is 16.1 Å². The molecule has 1 atom stereocenters. The summed E-state index contributed by atoms with van der Waals surface area (Å²) in [5.74, 6) is -0.597. The SMILES string of the molecule is NC(=O)c1cc(F)c(Br)c2c1CC1=C2CCC(CCOC=O)C1. The minimum absolute atomic E-state index is 0.274. The first-order chi connectivity index (χ1) is 11.0. The maximum absolute atomic E-state index is 14.1. The molecule has 0 saturated carbocycles. The Morgan fingerprint density at radius 2 is 2.30 bits per heavy atom. The summed E-state index contributed by atoms with van der Waals surface area (Å²) < 4.78 is 19.3. The number of hydrogen-bond acceptors (Lipinski definition) is 3. The maximum Gasteiger partial charge on any atom is 0.293 e. The van der Waals surface area contributed by atoms with E-state index in [4.69, 9.17) is 10.5 Å². The summed E-state index contributed by atoms with van der Waals surface area (Å²) in [5, 5.41) is 0. The van der Waals surface area contributed by atoms with E-state index in [1.165, 1.54) is 11.6 Å². The van der Waals surface area contributed by atoms with Gasteiger partial charge in [0.2, 0.25) is 5.91 Å². The summed E-state index contributed by atoms with van der Waals surface area (Å²) in [4.78, 5) is 21.9. The number of carbonyl (C=O) groups is 2. The second-order valence-electron chi connectivity index (χ2n) is 6.06. The molecule has 0 bridgehead atoms. The number of halogens is 2. The van der Waals surface area contributed by atoms with Gasteiger partial charge >= 0.3 is 0 Å². The lowest BCUT2D eigenvalue weighted by Crippen LogP contribution is -2.15. The Hall–Kier alpha value is -1.69. The third-order valence-electron chi connectivity index (χ3n) is 4.76. The van der Waals surface area contributed by atoms with Gasteiger partial charge in [0.15, 0.2) is 0 Å². The quantitative estimate of drug-likeness (QED) is 0.627. The van der Waals surface area contributed by atoms with E-state index < -0.39 is 11.7 Å². The zero-order valence-electron chi connectivity index (χ0n) is 12.5. The van der Waals surface area contributed by atoms with Crippen LogP contribution in [0.5, 0.6) is 0 Å². The van der Waals surface area contributed by atoms with E-state index in [0.29, 0.717) is 29.9 Å². The van der Waals surface area contributed by atoms with Gasteiger partial charge in [-0.2, -0.15) is 0 Å². The minimum atomic E-state index is -0.594. The number of rotatable bonds is 5. The van der Waals surface area contributed by atoms with Crippen LogP contribution in [0, 0.1) is 11.7 Å². The molecule has 0 aromatic heterocycles.